The van der Waals surface area contributed by atoms with Crippen LogP contribution in [0.15, 0.2) is 23.1 Å². The fourth-order valence-corrected chi connectivity index (χ4v) is 1.18. The van der Waals surface area contributed by atoms with Crippen molar-refractivity contribution in [2.24, 2.45) is 5.14 Å². The molecule has 0 saturated carbocycles. The van der Waals surface area contributed by atoms with Crippen molar-refractivity contribution in [3.63, 3.8) is 0 Å². The third-order valence-electron chi connectivity index (χ3n) is 1.58. The zero-order valence-electron chi connectivity index (χ0n) is 7.64. The average molecular weight is 254 g/mol. The second kappa shape index (κ2) is 4.71. The normalized spacial score (nSPS) is 11.3. The zero-order chi connectivity index (χ0) is 12.3. The molecule has 8 heteroatoms. The highest BCUT2D eigenvalue weighted by molar-refractivity contribution is 7.97. The molecule has 0 spiro atoms. The van der Waals surface area contributed by atoms with E-state index in [9.17, 15) is 22.4 Å². The van der Waals surface area contributed by atoms with Gasteiger partial charge < -0.3 is 5.32 Å². The summed E-state index contributed by atoms with van der Waals surface area (Å²) in [6, 6.07) is 3.23. The van der Waals surface area contributed by atoms with Gasteiger partial charge in [0.25, 0.3) is 0 Å². The molecule has 1 aromatic rings. The topological polar surface area (TPSA) is 55.1 Å². The van der Waals surface area contributed by atoms with Crippen LogP contribution >= 0.6 is 11.9 Å². The minimum absolute atomic E-state index is 0.336. The molecule has 3 nitrogen and oxygen atoms in total. The smallest absolute Gasteiger partial charge is 0.316 e. The molecule has 0 fully saturated rings. The monoisotopic (exact) mass is 254 g/mol. The van der Waals surface area contributed by atoms with Gasteiger partial charge >= 0.3 is 12.1 Å². The van der Waals surface area contributed by atoms with E-state index >= 15 is 0 Å². The third kappa shape index (κ3) is 3.11. The number of hydrogen-bond acceptors (Lipinski definition) is 3. The molecule has 0 heterocycles. The SMILES string of the molecule is NSc1ccc(NC(=O)C(F)(F)F)c(F)c1. The predicted molar refractivity (Wildman–Crippen MR) is 51.1 cm³/mol. The van der Waals surface area contributed by atoms with Crippen molar-refractivity contribution < 1.29 is 22.4 Å². The van der Waals surface area contributed by atoms with Gasteiger partial charge in [0.2, 0.25) is 0 Å². The molecule has 1 amide bonds. The number of benzene rings is 1. The van der Waals surface area contributed by atoms with E-state index in [2.05, 4.69) is 0 Å². The number of nitrogens with two attached hydrogens (primary N) is 1. The predicted octanol–water partition coefficient (Wildman–Crippen LogP) is 2.29. The molecule has 0 radical (unpaired) electrons. The van der Waals surface area contributed by atoms with Gasteiger partial charge in [-0.25, -0.2) is 4.39 Å². The van der Waals surface area contributed by atoms with E-state index in [-0.39, 0.29) is 0 Å². The molecular weight excluding hydrogens is 248 g/mol. The van der Waals surface area contributed by atoms with Gasteiger partial charge in [0, 0.05) is 4.90 Å². The average Bonchev–Trinajstić information content (AvgIpc) is 2.19. The summed E-state index contributed by atoms with van der Waals surface area (Å²) < 4.78 is 48.7. The Morgan fingerprint density at radius 3 is 2.44 bits per heavy atom. The van der Waals surface area contributed by atoms with Crippen molar-refractivity contribution in [1.29, 1.82) is 0 Å². The van der Waals surface area contributed by atoms with Crippen LogP contribution in [-0.2, 0) is 4.79 Å². The van der Waals surface area contributed by atoms with Crippen molar-refractivity contribution in [1.82, 2.24) is 0 Å². The van der Waals surface area contributed by atoms with E-state index in [0.29, 0.717) is 4.90 Å². The number of carbonyl (C=O) groups is 1. The van der Waals surface area contributed by atoms with Crippen molar-refractivity contribution >= 4 is 23.5 Å². The van der Waals surface area contributed by atoms with Crippen LogP contribution in [0.4, 0.5) is 23.2 Å². The fourth-order valence-electron chi connectivity index (χ4n) is 0.864. The molecule has 3 N–H and O–H groups in total. The third-order valence-corrected chi connectivity index (χ3v) is 2.11. The molecule has 0 atom stereocenters. The van der Waals surface area contributed by atoms with Crippen molar-refractivity contribution in [2.75, 3.05) is 5.32 Å². The Bertz CT molecular complexity index is 408. The first-order chi connectivity index (χ1) is 7.34. The number of carbonyl (C=O) groups excluding carboxylic acids is 1. The van der Waals surface area contributed by atoms with Crippen molar-refractivity contribution in [3.8, 4) is 0 Å². The van der Waals surface area contributed by atoms with Crippen LogP contribution in [0.2, 0.25) is 0 Å². The number of halogens is 4. The molecule has 0 aromatic heterocycles. The minimum Gasteiger partial charge on any atom is -0.316 e. The van der Waals surface area contributed by atoms with Gasteiger partial charge in [-0.1, -0.05) is 0 Å². The molecule has 0 bridgehead atoms. The maximum Gasteiger partial charge on any atom is 0.471 e. The lowest BCUT2D eigenvalue weighted by molar-refractivity contribution is -0.167. The van der Waals surface area contributed by atoms with Crippen LogP contribution in [0, 0.1) is 5.82 Å². The lowest BCUT2D eigenvalue weighted by Crippen LogP contribution is -2.30. The van der Waals surface area contributed by atoms with E-state index < -0.39 is 23.6 Å². The van der Waals surface area contributed by atoms with Gasteiger partial charge in [0.05, 0.1) is 5.69 Å². The van der Waals surface area contributed by atoms with E-state index in [1.807, 2.05) is 0 Å². The second-order valence-electron chi connectivity index (χ2n) is 2.71. The standard InChI is InChI=1S/C8H6F4N2OS/c9-5-3-4(16-13)1-2-6(5)14-7(15)8(10,11)12/h1-3H,13H2,(H,14,15). The molecule has 1 aromatic carbocycles. The molecule has 1 rings (SSSR count). The molecule has 0 aliphatic carbocycles. The summed E-state index contributed by atoms with van der Waals surface area (Å²) in [5.74, 6) is -3.20. The Hall–Kier alpha value is -1.28. The molecule has 0 unspecified atom stereocenters. The summed E-state index contributed by atoms with van der Waals surface area (Å²) in [6.07, 6.45) is -5.05. The molecule has 88 valence electrons. The summed E-state index contributed by atoms with van der Waals surface area (Å²) in [7, 11) is 0. The lowest BCUT2D eigenvalue weighted by Gasteiger charge is -2.09. The fraction of sp³-hybridized carbons (Fsp3) is 0.125. The van der Waals surface area contributed by atoms with E-state index in [4.69, 9.17) is 5.14 Å². The highest BCUT2D eigenvalue weighted by atomic mass is 32.2. The highest BCUT2D eigenvalue weighted by Crippen LogP contribution is 2.23. The van der Waals surface area contributed by atoms with Crippen molar-refractivity contribution in [3.05, 3.63) is 24.0 Å². The van der Waals surface area contributed by atoms with Crippen LogP contribution in [0.1, 0.15) is 0 Å². The van der Waals surface area contributed by atoms with Crippen LogP contribution in [0.25, 0.3) is 0 Å². The summed E-state index contributed by atoms with van der Waals surface area (Å²) in [5, 5.41) is 6.53. The van der Waals surface area contributed by atoms with Gasteiger partial charge in [-0.05, 0) is 30.1 Å². The lowest BCUT2D eigenvalue weighted by atomic mass is 10.3. The Morgan fingerprint density at radius 2 is 2.00 bits per heavy atom. The molecule has 16 heavy (non-hydrogen) atoms. The first kappa shape index (κ1) is 12.8. The van der Waals surface area contributed by atoms with E-state index in [1.165, 1.54) is 11.4 Å². The molecule has 0 aliphatic heterocycles. The Morgan fingerprint density at radius 1 is 1.38 bits per heavy atom. The molecule has 0 aliphatic rings. The first-order valence-corrected chi connectivity index (χ1v) is 4.77. The second-order valence-corrected chi connectivity index (χ2v) is 3.42. The van der Waals surface area contributed by atoms with Crippen LogP contribution in [0.5, 0.6) is 0 Å². The van der Waals surface area contributed by atoms with Crippen LogP contribution in [0.3, 0.4) is 0 Å². The van der Waals surface area contributed by atoms with Crippen molar-refractivity contribution in [2.45, 2.75) is 11.1 Å². The Balaban J connectivity index is 2.87. The van der Waals surface area contributed by atoms with E-state index in [1.54, 1.807) is 0 Å². The number of nitrogens with one attached hydrogen (secondary N) is 1. The number of amides is 1. The first-order valence-electron chi connectivity index (χ1n) is 3.89. The zero-order valence-corrected chi connectivity index (χ0v) is 8.45. The quantitative estimate of drug-likeness (QED) is 0.629. The summed E-state index contributed by atoms with van der Waals surface area (Å²) >= 11 is 0.741. The number of rotatable bonds is 2. The summed E-state index contributed by atoms with van der Waals surface area (Å²) in [5.41, 5.74) is -0.542. The van der Waals surface area contributed by atoms with Gasteiger partial charge in [-0.15, -0.1) is 0 Å². The summed E-state index contributed by atoms with van der Waals surface area (Å²) in [6.45, 7) is 0. The van der Waals surface area contributed by atoms with E-state index in [0.717, 1.165) is 24.1 Å². The minimum atomic E-state index is -5.05. The maximum atomic E-state index is 13.1. The molecular formula is C8H6F4N2OS. The van der Waals surface area contributed by atoms with Crippen LogP contribution < -0.4 is 10.5 Å². The Labute approximate surface area is 92.1 Å². The van der Waals surface area contributed by atoms with Gasteiger partial charge in [-0.2, -0.15) is 13.2 Å². The largest absolute Gasteiger partial charge is 0.471 e. The van der Waals surface area contributed by atoms with Crippen LogP contribution in [-0.4, -0.2) is 12.1 Å². The number of hydrogen-bond donors (Lipinski definition) is 2. The maximum absolute atomic E-state index is 13.1. The Kier molecular flexibility index (Phi) is 3.76. The van der Waals surface area contributed by atoms with Gasteiger partial charge in [0.1, 0.15) is 5.82 Å². The van der Waals surface area contributed by atoms with Gasteiger partial charge in [-0.3, -0.25) is 9.93 Å². The molecule has 0 saturated heterocycles. The number of alkyl halides is 3. The van der Waals surface area contributed by atoms with Gasteiger partial charge in [0.15, 0.2) is 0 Å². The summed E-state index contributed by atoms with van der Waals surface area (Å²) in [4.78, 5) is 10.8. The number of anilines is 1. The highest BCUT2D eigenvalue weighted by Gasteiger charge is 2.39.